The Balaban J connectivity index is 1.48. The van der Waals surface area contributed by atoms with Crippen molar-refractivity contribution in [2.24, 2.45) is 0 Å². The first-order chi connectivity index (χ1) is 14.7. The number of halogens is 3. The van der Waals surface area contributed by atoms with Gasteiger partial charge in [0.25, 0.3) is 0 Å². The smallest absolute Gasteiger partial charge is 0.416 e. The number of fused-ring (bicyclic) bond motifs is 1. The predicted octanol–water partition coefficient (Wildman–Crippen LogP) is 5.44. The Bertz CT molecular complexity index is 929. The van der Waals surface area contributed by atoms with Crippen LogP contribution >= 0.6 is 0 Å². The molecule has 1 N–H and O–H groups in total. The molecule has 0 bridgehead atoms. The van der Waals surface area contributed by atoms with Crippen LogP contribution in [0.2, 0.25) is 0 Å². The summed E-state index contributed by atoms with van der Waals surface area (Å²) < 4.78 is 56.7. The monoisotopic (exact) mass is 435 g/mol. The molecule has 2 aromatic carbocycles. The van der Waals surface area contributed by atoms with Crippen LogP contribution in [-0.2, 0) is 22.9 Å². The fraction of sp³-hybridized carbons (Fsp3) is 0.500. The van der Waals surface area contributed by atoms with Crippen molar-refractivity contribution in [3.63, 3.8) is 0 Å². The highest BCUT2D eigenvalue weighted by molar-refractivity contribution is 5.44. The first-order valence-electron chi connectivity index (χ1n) is 10.6. The van der Waals surface area contributed by atoms with Crippen molar-refractivity contribution in [3.8, 4) is 11.5 Å². The fourth-order valence-electron chi connectivity index (χ4n) is 4.72. The molecule has 168 valence electrons. The Morgan fingerprint density at radius 1 is 1.03 bits per heavy atom. The lowest BCUT2D eigenvalue weighted by molar-refractivity contribution is -0.137. The van der Waals surface area contributed by atoms with Gasteiger partial charge in [0.15, 0.2) is 11.5 Å². The molecule has 0 spiro atoms. The van der Waals surface area contributed by atoms with E-state index in [1.165, 1.54) is 12.1 Å². The molecule has 2 heterocycles. The zero-order chi connectivity index (χ0) is 22.1. The summed E-state index contributed by atoms with van der Waals surface area (Å²) >= 11 is 0. The summed E-state index contributed by atoms with van der Waals surface area (Å²) in [5.74, 6) is 1.49. The SMILES string of the molecule is CC1(C)CC(CCNCc2ccc3c(c2)OCO3)(c2cccc(C(F)(F)F)c2)CCO1. The van der Waals surface area contributed by atoms with Gasteiger partial charge in [-0.05, 0) is 69.0 Å². The number of rotatable bonds is 6. The molecule has 7 heteroatoms. The van der Waals surface area contributed by atoms with E-state index in [9.17, 15) is 13.2 Å². The van der Waals surface area contributed by atoms with Crippen LogP contribution in [0.3, 0.4) is 0 Å². The maximum atomic E-state index is 13.3. The third-order valence-electron chi connectivity index (χ3n) is 6.19. The molecule has 4 rings (SSSR count). The van der Waals surface area contributed by atoms with Gasteiger partial charge in [0.2, 0.25) is 6.79 Å². The second-order valence-corrected chi connectivity index (χ2v) is 9.01. The van der Waals surface area contributed by atoms with E-state index < -0.39 is 11.7 Å². The van der Waals surface area contributed by atoms with E-state index in [1.54, 1.807) is 0 Å². The molecule has 0 radical (unpaired) electrons. The minimum absolute atomic E-state index is 0.240. The molecule has 1 atom stereocenters. The average Bonchev–Trinajstić information content (AvgIpc) is 3.18. The van der Waals surface area contributed by atoms with Crippen LogP contribution in [0.25, 0.3) is 0 Å². The van der Waals surface area contributed by atoms with Gasteiger partial charge < -0.3 is 19.5 Å². The van der Waals surface area contributed by atoms with Crippen molar-refractivity contribution in [2.45, 2.75) is 56.8 Å². The molecule has 4 nitrogen and oxygen atoms in total. The summed E-state index contributed by atoms with van der Waals surface area (Å²) in [6.07, 6.45) is -2.25. The largest absolute Gasteiger partial charge is 0.454 e. The van der Waals surface area contributed by atoms with Crippen LogP contribution < -0.4 is 14.8 Å². The van der Waals surface area contributed by atoms with Gasteiger partial charge in [-0.3, -0.25) is 0 Å². The number of ether oxygens (including phenoxy) is 3. The minimum Gasteiger partial charge on any atom is -0.454 e. The van der Waals surface area contributed by atoms with Crippen molar-refractivity contribution < 1.29 is 27.4 Å². The molecule has 2 aliphatic heterocycles. The van der Waals surface area contributed by atoms with Crippen LogP contribution in [0.1, 0.15) is 49.8 Å². The Morgan fingerprint density at radius 2 is 1.84 bits per heavy atom. The molecule has 1 saturated heterocycles. The number of alkyl halides is 3. The fourth-order valence-corrected chi connectivity index (χ4v) is 4.72. The summed E-state index contributed by atoms with van der Waals surface area (Å²) in [5, 5.41) is 3.45. The molecule has 0 aromatic heterocycles. The quantitative estimate of drug-likeness (QED) is 0.614. The normalized spacial score (nSPS) is 22.5. The lowest BCUT2D eigenvalue weighted by Crippen LogP contribution is -2.45. The predicted molar refractivity (Wildman–Crippen MR) is 111 cm³/mol. The number of benzene rings is 2. The van der Waals surface area contributed by atoms with Crippen LogP contribution in [0, 0.1) is 0 Å². The van der Waals surface area contributed by atoms with E-state index in [0.717, 1.165) is 35.1 Å². The summed E-state index contributed by atoms with van der Waals surface area (Å²) in [7, 11) is 0. The van der Waals surface area contributed by atoms with Gasteiger partial charge in [-0.15, -0.1) is 0 Å². The molecule has 31 heavy (non-hydrogen) atoms. The summed E-state index contributed by atoms with van der Waals surface area (Å²) in [6, 6.07) is 11.6. The van der Waals surface area contributed by atoms with E-state index in [0.29, 0.717) is 32.5 Å². The third kappa shape index (κ3) is 4.99. The highest BCUT2D eigenvalue weighted by atomic mass is 19.4. The molecule has 0 amide bonds. The van der Waals surface area contributed by atoms with Crippen LogP contribution in [0.4, 0.5) is 13.2 Å². The number of hydrogen-bond acceptors (Lipinski definition) is 4. The summed E-state index contributed by atoms with van der Waals surface area (Å²) in [4.78, 5) is 0. The molecule has 2 aliphatic rings. The molecule has 2 aromatic rings. The summed E-state index contributed by atoms with van der Waals surface area (Å²) in [5.41, 5.74) is 0.463. The van der Waals surface area contributed by atoms with Crippen molar-refractivity contribution in [2.75, 3.05) is 19.9 Å². The topological polar surface area (TPSA) is 39.7 Å². The van der Waals surface area contributed by atoms with Gasteiger partial charge in [-0.1, -0.05) is 24.3 Å². The van der Waals surface area contributed by atoms with Crippen molar-refractivity contribution in [1.29, 1.82) is 0 Å². The van der Waals surface area contributed by atoms with Gasteiger partial charge in [0.1, 0.15) is 0 Å². The number of nitrogens with one attached hydrogen (secondary N) is 1. The second-order valence-electron chi connectivity index (χ2n) is 9.01. The Kier molecular flexibility index (Phi) is 5.92. The zero-order valence-electron chi connectivity index (χ0n) is 17.8. The van der Waals surface area contributed by atoms with E-state index in [4.69, 9.17) is 14.2 Å². The minimum atomic E-state index is -4.35. The molecule has 1 fully saturated rings. The second kappa shape index (κ2) is 8.36. The maximum Gasteiger partial charge on any atom is 0.416 e. The van der Waals surface area contributed by atoms with E-state index in [1.807, 2.05) is 38.1 Å². The molecular formula is C24H28F3NO3. The third-order valence-corrected chi connectivity index (χ3v) is 6.19. The lowest BCUT2D eigenvalue weighted by atomic mass is 9.67. The zero-order valence-corrected chi connectivity index (χ0v) is 17.8. The van der Waals surface area contributed by atoms with Crippen molar-refractivity contribution >= 4 is 0 Å². The maximum absolute atomic E-state index is 13.3. The van der Waals surface area contributed by atoms with Gasteiger partial charge in [-0.25, -0.2) is 0 Å². The van der Waals surface area contributed by atoms with E-state index in [2.05, 4.69) is 5.32 Å². The molecule has 0 aliphatic carbocycles. The van der Waals surface area contributed by atoms with E-state index in [-0.39, 0.29) is 17.8 Å². The molecule has 0 saturated carbocycles. The molecular weight excluding hydrogens is 407 g/mol. The lowest BCUT2D eigenvalue weighted by Gasteiger charge is -2.46. The highest BCUT2D eigenvalue weighted by Crippen LogP contribution is 2.45. The van der Waals surface area contributed by atoms with Crippen molar-refractivity contribution in [1.82, 2.24) is 5.32 Å². The van der Waals surface area contributed by atoms with Crippen LogP contribution in [-0.4, -0.2) is 25.5 Å². The molecule has 1 unspecified atom stereocenters. The summed E-state index contributed by atoms with van der Waals surface area (Å²) in [6.45, 7) is 6.12. The van der Waals surface area contributed by atoms with Crippen LogP contribution in [0.15, 0.2) is 42.5 Å². The standard InChI is InChI=1S/C24H28F3NO3/c1-22(2)15-23(9-11-31-22,18-4-3-5-19(13-18)24(25,26)27)8-10-28-14-17-6-7-20-21(12-17)30-16-29-20/h3-7,12-13,28H,8-11,14-16H2,1-2H3. The average molecular weight is 435 g/mol. The highest BCUT2D eigenvalue weighted by Gasteiger charge is 2.42. The van der Waals surface area contributed by atoms with Gasteiger partial charge in [-0.2, -0.15) is 13.2 Å². The number of hydrogen-bond donors (Lipinski definition) is 1. The van der Waals surface area contributed by atoms with Gasteiger partial charge in [0.05, 0.1) is 11.2 Å². The first-order valence-corrected chi connectivity index (χ1v) is 10.6. The van der Waals surface area contributed by atoms with E-state index >= 15 is 0 Å². The Labute approximate surface area is 180 Å². The Morgan fingerprint density at radius 3 is 2.61 bits per heavy atom. The van der Waals surface area contributed by atoms with Crippen LogP contribution in [0.5, 0.6) is 11.5 Å². The van der Waals surface area contributed by atoms with Crippen molar-refractivity contribution in [3.05, 3.63) is 59.2 Å². The van der Waals surface area contributed by atoms with Gasteiger partial charge >= 0.3 is 6.18 Å². The Hall–Kier alpha value is -2.25. The van der Waals surface area contributed by atoms with Gasteiger partial charge in [0, 0.05) is 18.6 Å². The first kappa shape index (κ1) is 22.0.